The van der Waals surface area contributed by atoms with E-state index in [1.54, 1.807) is 0 Å². The van der Waals surface area contributed by atoms with Gasteiger partial charge >= 0.3 is 0 Å². The van der Waals surface area contributed by atoms with Crippen LogP contribution in [0.3, 0.4) is 0 Å². The van der Waals surface area contributed by atoms with Crippen molar-refractivity contribution in [3.05, 3.63) is 20.3 Å². The number of halogens is 1. The number of nitrogens with one attached hydrogen (secondary N) is 2. The summed E-state index contributed by atoms with van der Waals surface area (Å²) in [6, 6.07) is 0. The molecule has 1 aromatic rings. The third-order valence-corrected chi connectivity index (χ3v) is 3.98. The molecule has 4 N–H and O–H groups in total. The van der Waals surface area contributed by atoms with Gasteiger partial charge < -0.3 is 15.6 Å². The van der Waals surface area contributed by atoms with E-state index in [9.17, 15) is 4.79 Å². The molecular formula is C10H14IN5O. The van der Waals surface area contributed by atoms with E-state index in [0.29, 0.717) is 3.57 Å². The van der Waals surface area contributed by atoms with Crippen LogP contribution < -0.4 is 16.2 Å². The molecule has 0 saturated carbocycles. The molecular weight excluding hydrogens is 333 g/mol. The zero-order valence-electron chi connectivity index (χ0n) is 9.24. The highest BCUT2D eigenvalue weighted by atomic mass is 127. The molecule has 0 aliphatic carbocycles. The van der Waals surface area contributed by atoms with E-state index in [4.69, 9.17) is 11.1 Å². The fourth-order valence-corrected chi connectivity index (χ4v) is 2.63. The number of aromatic amines is 1. The van der Waals surface area contributed by atoms with Crippen molar-refractivity contribution in [3.8, 4) is 0 Å². The quantitative estimate of drug-likeness (QED) is 0.413. The second-order valence-electron chi connectivity index (χ2n) is 4.09. The molecule has 6 nitrogen and oxygen atoms in total. The van der Waals surface area contributed by atoms with Crippen molar-refractivity contribution in [2.75, 3.05) is 18.0 Å². The highest BCUT2D eigenvalue weighted by molar-refractivity contribution is 14.1. The third-order valence-electron chi connectivity index (χ3n) is 3.01. The largest absolute Gasteiger partial charge is 0.387 e. The van der Waals surface area contributed by atoms with Crippen LogP contribution >= 0.6 is 22.6 Å². The Balaban J connectivity index is 2.13. The fraction of sp³-hybridized carbons (Fsp3) is 0.500. The first-order chi connectivity index (χ1) is 8.09. The van der Waals surface area contributed by atoms with Crippen LogP contribution in [-0.2, 0) is 0 Å². The van der Waals surface area contributed by atoms with E-state index < -0.39 is 0 Å². The van der Waals surface area contributed by atoms with Gasteiger partial charge in [-0.25, -0.2) is 4.98 Å². The van der Waals surface area contributed by atoms with Crippen LogP contribution in [0, 0.1) is 14.9 Å². The van der Waals surface area contributed by atoms with E-state index in [2.05, 4.69) is 14.9 Å². The lowest BCUT2D eigenvalue weighted by molar-refractivity contribution is 0.494. The van der Waals surface area contributed by atoms with Gasteiger partial charge in [0.2, 0.25) is 0 Å². The molecule has 1 aromatic heterocycles. The second-order valence-corrected chi connectivity index (χ2v) is 5.16. The first kappa shape index (κ1) is 12.3. The van der Waals surface area contributed by atoms with Crippen LogP contribution in [0.2, 0.25) is 0 Å². The Bertz CT molecular complexity index is 478. The van der Waals surface area contributed by atoms with Gasteiger partial charge in [-0.15, -0.1) is 0 Å². The van der Waals surface area contributed by atoms with Crippen LogP contribution in [0.1, 0.15) is 12.8 Å². The zero-order valence-corrected chi connectivity index (χ0v) is 11.4. The number of nitrogens with zero attached hydrogens (tertiary/aromatic N) is 2. The summed E-state index contributed by atoms with van der Waals surface area (Å²) in [6.07, 6.45) is 3.12. The van der Waals surface area contributed by atoms with Crippen LogP contribution in [-0.4, -0.2) is 28.9 Å². The van der Waals surface area contributed by atoms with Crippen molar-refractivity contribution >= 4 is 34.2 Å². The Morgan fingerprint density at radius 3 is 2.82 bits per heavy atom. The fourth-order valence-electron chi connectivity index (χ4n) is 2.00. The van der Waals surface area contributed by atoms with Gasteiger partial charge in [-0.2, -0.15) is 0 Å². The standard InChI is InChI=1S/C10H14IN5O/c11-7-9(14-5-15-10(7)17)16-3-1-6(2-4-16)8(12)13/h5-6H,1-4H2,(H3,12,13)(H,14,15,17). The minimum Gasteiger partial charge on any atom is -0.387 e. The number of piperidine rings is 1. The van der Waals surface area contributed by atoms with Gasteiger partial charge in [-0.1, -0.05) is 0 Å². The Morgan fingerprint density at radius 1 is 1.59 bits per heavy atom. The van der Waals surface area contributed by atoms with Gasteiger partial charge in [-0.3, -0.25) is 10.2 Å². The van der Waals surface area contributed by atoms with Gasteiger partial charge in [-0.05, 0) is 35.4 Å². The van der Waals surface area contributed by atoms with Gasteiger partial charge in [0.15, 0.2) is 0 Å². The molecule has 0 aromatic carbocycles. The topological polar surface area (TPSA) is 98.9 Å². The van der Waals surface area contributed by atoms with E-state index in [0.717, 1.165) is 31.7 Å². The average Bonchev–Trinajstić information content (AvgIpc) is 2.33. The maximum Gasteiger partial charge on any atom is 0.266 e. The average molecular weight is 347 g/mol. The number of aromatic nitrogens is 2. The molecule has 17 heavy (non-hydrogen) atoms. The summed E-state index contributed by atoms with van der Waals surface area (Å²) in [5.41, 5.74) is 5.39. The SMILES string of the molecule is N=C(N)C1CCN(c2nc[nH]c(=O)c2I)CC1. The lowest BCUT2D eigenvalue weighted by Gasteiger charge is -2.32. The monoisotopic (exact) mass is 347 g/mol. The Kier molecular flexibility index (Phi) is 3.65. The Hall–Kier alpha value is -1.12. The van der Waals surface area contributed by atoms with Gasteiger partial charge in [0.1, 0.15) is 9.39 Å². The zero-order chi connectivity index (χ0) is 12.4. The molecule has 1 aliphatic rings. The molecule has 0 atom stereocenters. The molecule has 7 heteroatoms. The summed E-state index contributed by atoms with van der Waals surface area (Å²) in [6.45, 7) is 1.58. The maximum absolute atomic E-state index is 11.5. The number of amidine groups is 1. The van der Waals surface area contributed by atoms with E-state index in [1.807, 2.05) is 22.6 Å². The van der Waals surface area contributed by atoms with Gasteiger partial charge in [0.25, 0.3) is 5.56 Å². The predicted molar refractivity (Wildman–Crippen MR) is 74.4 cm³/mol. The summed E-state index contributed by atoms with van der Waals surface area (Å²) in [7, 11) is 0. The highest BCUT2D eigenvalue weighted by Gasteiger charge is 2.23. The van der Waals surface area contributed by atoms with E-state index in [1.165, 1.54) is 6.33 Å². The predicted octanol–water partition coefficient (Wildman–Crippen LogP) is 0.527. The number of nitrogens with two attached hydrogens (primary N) is 1. The summed E-state index contributed by atoms with van der Waals surface area (Å²) >= 11 is 2.01. The van der Waals surface area contributed by atoms with Crippen molar-refractivity contribution in [2.45, 2.75) is 12.8 Å². The molecule has 1 saturated heterocycles. The summed E-state index contributed by atoms with van der Waals surface area (Å²) < 4.78 is 0.617. The van der Waals surface area contributed by atoms with Crippen molar-refractivity contribution in [1.82, 2.24) is 9.97 Å². The van der Waals surface area contributed by atoms with Crippen molar-refractivity contribution in [3.63, 3.8) is 0 Å². The first-order valence-electron chi connectivity index (χ1n) is 5.41. The molecule has 0 unspecified atom stereocenters. The maximum atomic E-state index is 11.5. The lowest BCUT2D eigenvalue weighted by atomic mass is 9.96. The molecule has 0 radical (unpaired) electrons. The Labute approximate surface area is 112 Å². The molecule has 0 amide bonds. The molecule has 92 valence electrons. The second kappa shape index (κ2) is 5.03. The molecule has 0 spiro atoms. The van der Waals surface area contributed by atoms with Crippen LogP contribution in [0.15, 0.2) is 11.1 Å². The number of H-pyrrole nitrogens is 1. The minimum absolute atomic E-state index is 0.107. The van der Waals surface area contributed by atoms with Gasteiger partial charge in [0.05, 0.1) is 12.2 Å². The summed E-state index contributed by atoms with van der Waals surface area (Å²) in [5.74, 6) is 1.17. The molecule has 1 aliphatic heterocycles. The van der Waals surface area contributed by atoms with Crippen molar-refractivity contribution in [1.29, 1.82) is 5.41 Å². The lowest BCUT2D eigenvalue weighted by Crippen LogP contribution is -2.39. The molecule has 2 heterocycles. The number of rotatable bonds is 2. The normalized spacial score (nSPS) is 17.1. The van der Waals surface area contributed by atoms with Crippen LogP contribution in [0.25, 0.3) is 0 Å². The van der Waals surface area contributed by atoms with Crippen molar-refractivity contribution in [2.24, 2.45) is 11.7 Å². The number of anilines is 1. The summed E-state index contributed by atoms with van der Waals surface area (Å²) in [4.78, 5) is 20.3. The van der Waals surface area contributed by atoms with Gasteiger partial charge in [0, 0.05) is 19.0 Å². The van der Waals surface area contributed by atoms with E-state index in [-0.39, 0.29) is 17.3 Å². The third kappa shape index (κ3) is 2.59. The molecule has 0 bridgehead atoms. The number of hydrogen-bond acceptors (Lipinski definition) is 4. The molecule has 2 rings (SSSR count). The van der Waals surface area contributed by atoms with E-state index >= 15 is 0 Å². The Morgan fingerprint density at radius 2 is 2.24 bits per heavy atom. The minimum atomic E-state index is -0.107. The first-order valence-corrected chi connectivity index (χ1v) is 6.49. The smallest absolute Gasteiger partial charge is 0.266 e. The molecule has 1 fully saturated rings. The number of hydrogen-bond donors (Lipinski definition) is 3. The van der Waals surface area contributed by atoms with Crippen LogP contribution in [0.4, 0.5) is 5.82 Å². The van der Waals surface area contributed by atoms with Crippen molar-refractivity contribution < 1.29 is 0 Å². The highest BCUT2D eigenvalue weighted by Crippen LogP contribution is 2.23. The summed E-state index contributed by atoms with van der Waals surface area (Å²) in [5, 5.41) is 7.42. The van der Waals surface area contributed by atoms with Crippen LogP contribution in [0.5, 0.6) is 0 Å².